The Bertz CT molecular complexity index is 1500. The van der Waals surface area contributed by atoms with Crippen LogP contribution in [0.3, 0.4) is 0 Å². The maximum atomic E-state index is 12.7. The fraction of sp³-hybridized carbons (Fsp3) is 0.240. The number of carbonyl (C=O) groups excluding carboxylic acids is 1. The number of hydrogen-bond donors (Lipinski definition) is 3. The Labute approximate surface area is 221 Å². The van der Waals surface area contributed by atoms with E-state index in [2.05, 4.69) is 25.5 Å². The van der Waals surface area contributed by atoms with Gasteiger partial charge in [0.05, 0.1) is 26.6 Å². The first-order chi connectivity index (χ1) is 18.4. The van der Waals surface area contributed by atoms with E-state index in [0.29, 0.717) is 46.2 Å². The Balaban J connectivity index is 1.57. The number of rotatable bonds is 11. The van der Waals surface area contributed by atoms with Gasteiger partial charge in [-0.05, 0) is 43.3 Å². The summed E-state index contributed by atoms with van der Waals surface area (Å²) in [7, 11) is 3.06. The third-order valence-electron chi connectivity index (χ3n) is 5.27. The monoisotopic (exact) mass is 538 g/mol. The number of carbonyl (C=O) groups is 1. The summed E-state index contributed by atoms with van der Waals surface area (Å²) in [5.41, 5.74) is 0.531. The topological polar surface area (TPSA) is 153 Å². The average Bonchev–Trinajstić information content (AvgIpc) is 3.29. The van der Waals surface area contributed by atoms with Gasteiger partial charge in [-0.1, -0.05) is 11.8 Å². The highest BCUT2D eigenvalue weighted by atomic mass is 32.2. The van der Waals surface area contributed by atoms with Crippen LogP contribution in [-0.4, -0.2) is 57.2 Å². The molecule has 0 radical (unpaired) electrons. The standard InChI is InChI=1S/C25H26N6O6S/c1-4-37-18-8-6-17(7-9-18)31-21(12-16-13-22(32)28-24(34)27-16)29-30-25(31)38-14-23(33)26-15-5-10-19(35-2)20(11-15)36-3/h5-11,13H,4,12,14H2,1-3H3,(H,26,33)(H2,27,28,32,34). The van der Waals surface area contributed by atoms with E-state index < -0.39 is 11.2 Å². The molecule has 3 N–H and O–H groups in total. The highest BCUT2D eigenvalue weighted by molar-refractivity contribution is 7.99. The van der Waals surface area contributed by atoms with Crippen molar-refractivity contribution in [2.24, 2.45) is 0 Å². The van der Waals surface area contributed by atoms with Crippen molar-refractivity contribution in [3.05, 3.63) is 80.9 Å². The van der Waals surface area contributed by atoms with Crippen molar-refractivity contribution in [2.75, 3.05) is 31.9 Å². The number of aromatic amines is 2. The van der Waals surface area contributed by atoms with Gasteiger partial charge >= 0.3 is 5.69 Å². The van der Waals surface area contributed by atoms with Crippen LogP contribution in [0.15, 0.2) is 63.3 Å². The van der Waals surface area contributed by atoms with Gasteiger partial charge in [-0.2, -0.15) is 0 Å². The molecule has 13 heteroatoms. The van der Waals surface area contributed by atoms with Gasteiger partial charge in [0, 0.05) is 35.6 Å². The quantitative estimate of drug-likeness (QED) is 0.244. The number of amides is 1. The summed E-state index contributed by atoms with van der Waals surface area (Å²) < 4.78 is 17.8. The average molecular weight is 539 g/mol. The fourth-order valence-electron chi connectivity index (χ4n) is 3.65. The Hall–Kier alpha value is -4.52. The van der Waals surface area contributed by atoms with Gasteiger partial charge in [0.1, 0.15) is 11.6 Å². The first-order valence-corrected chi connectivity index (χ1v) is 12.5. The molecule has 0 spiro atoms. The molecule has 4 aromatic rings. The highest BCUT2D eigenvalue weighted by Crippen LogP contribution is 2.30. The van der Waals surface area contributed by atoms with Crippen molar-refractivity contribution in [3.8, 4) is 22.9 Å². The summed E-state index contributed by atoms with van der Waals surface area (Å²) >= 11 is 1.19. The molecule has 4 rings (SSSR count). The van der Waals surface area contributed by atoms with Gasteiger partial charge in [0.25, 0.3) is 5.56 Å². The van der Waals surface area contributed by atoms with Crippen LogP contribution >= 0.6 is 11.8 Å². The zero-order valence-corrected chi connectivity index (χ0v) is 21.8. The first-order valence-electron chi connectivity index (χ1n) is 11.5. The van der Waals surface area contributed by atoms with Crippen LogP contribution < -0.4 is 30.8 Å². The minimum Gasteiger partial charge on any atom is -0.494 e. The lowest BCUT2D eigenvalue weighted by atomic mass is 10.2. The predicted octanol–water partition coefficient (Wildman–Crippen LogP) is 2.38. The van der Waals surface area contributed by atoms with Gasteiger partial charge < -0.3 is 24.5 Å². The van der Waals surface area contributed by atoms with Gasteiger partial charge in [0.15, 0.2) is 16.7 Å². The van der Waals surface area contributed by atoms with Crippen LogP contribution in [0.1, 0.15) is 18.4 Å². The maximum absolute atomic E-state index is 12.7. The second-order valence-corrected chi connectivity index (χ2v) is 8.80. The van der Waals surface area contributed by atoms with E-state index in [1.54, 1.807) is 22.8 Å². The number of nitrogens with zero attached hydrogens (tertiary/aromatic N) is 3. The van der Waals surface area contributed by atoms with E-state index in [1.807, 2.05) is 31.2 Å². The summed E-state index contributed by atoms with van der Waals surface area (Å²) in [6.07, 6.45) is 0.137. The van der Waals surface area contributed by atoms with Crippen LogP contribution in [0.4, 0.5) is 5.69 Å². The Morgan fingerprint density at radius 3 is 2.45 bits per heavy atom. The molecule has 2 heterocycles. The Morgan fingerprint density at radius 2 is 1.76 bits per heavy atom. The summed E-state index contributed by atoms with van der Waals surface area (Å²) in [5, 5.41) is 11.8. The summed E-state index contributed by atoms with van der Waals surface area (Å²) in [4.78, 5) is 41.0. The number of benzene rings is 2. The van der Waals surface area contributed by atoms with Crippen LogP contribution in [0, 0.1) is 0 Å². The number of methoxy groups -OCH3 is 2. The molecule has 0 fully saturated rings. The van der Waals surface area contributed by atoms with E-state index in [9.17, 15) is 14.4 Å². The van der Waals surface area contributed by atoms with Crippen molar-refractivity contribution < 1.29 is 19.0 Å². The van der Waals surface area contributed by atoms with Crippen LogP contribution in [0.5, 0.6) is 17.2 Å². The second kappa shape index (κ2) is 12.1. The number of ether oxygens (including phenoxy) is 3. The molecule has 0 aliphatic rings. The third-order valence-corrected chi connectivity index (χ3v) is 6.20. The normalized spacial score (nSPS) is 10.7. The van der Waals surface area contributed by atoms with E-state index in [0.717, 1.165) is 5.69 Å². The molecule has 2 aromatic heterocycles. The minimum absolute atomic E-state index is 0.0470. The smallest absolute Gasteiger partial charge is 0.325 e. The SMILES string of the molecule is CCOc1ccc(-n2c(Cc3cc(=O)[nH]c(=O)[nH]3)nnc2SCC(=O)Nc2ccc(OC)c(OC)c2)cc1. The molecule has 0 unspecified atom stereocenters. The Morgan fingerprint density at radius 1 is 1.00 bits per heavy atom. The Kier molecular flexibility index (Phi) is 8.48. The van der Waals surface area contributed by atoms with E-state index in [4.69, 9.17) is 14.2 Å². The number of anilines is 1. The first kappa shape index (κ1) is 26.5. The molecular formula is C25H26N6O6S. The lowest BCUT2D eigenvalue weighted by Gasteiger charge is -2.12. The van der Waals surface area contributed by atoms with Crippen molar-refractivity contribution in [2.45, 2.75) is 18.5 Å². The summed E-state index contributed by atoms with van der Waals surface area (Å²) in [6, 6.07) is 13.7. The number of nitrogens with one attached hydrogen (secondary N) is 3. The number of H-pyrrole nitrogens is 2. The van der Waals surface area contributed by atoms with E-state index >= 15 is 0 Å². The molecule has 38 heavy (non-hydrogen) atoms. The number of aromatic nitrogens is 5. The zero-order chi connectivity index (χ0) is 27.1. The summed E-state index contributed by atoms with van der Waals surface area (Å²) in [5.74, 6) is 2.01. The van der Waals surface area contributed by atoms with E-state index in [1.165, 1.54) is 32.0 Å². The lowest BCUT2D eigenvalue weighted by Crippen LogP contribution is -2.23. The molecule has 1 amide bonds. The van der Waals surface area contributed by atoms with E-state index in [-0.39, 0.29) is 18.1 Å². The highest BCUT2D eigenvalue weighted by Gasteiger charge is 2.18. The van der Waals surface area contributed by atoms with Crippen LogP contribution in [0.25, 0.3) is 5.69 Å². The predicted molar refractivity (Wildman–Crippen MR) is 142 cm³/mol. The van der Waals surface area contributed by atoms with Crippen molar-refractivity contribution in [1.29, 1.82) is 0 Å². The number of hydrogen-bond acceptors (Lipinski definition) is 9. The molecule has 198 valence electrons. The molecular weight excluding hydrogens is 512 g/mol. The molecule has 0 bridgehead atoms. The van der Waals surface area contributed by atoms with Crippen LogP contribution in [0.2, 0.25) is 0 Å². The maximum Gasteiger partial charge on any atom is 0.325 e. The molecule has 12 nitrogen and oxygen atoms in total. The summed E-state index contributed by atoms with van der Waals surface area (Å²) in [6.45, 7) is 2.43. The zero-order valence-electron chi connectivity index (χ0n) is 20.9. The molecule has 0 saturated heterocycles. The van der Waals surface area contributed by atoms with Crippen molar-refractivity contribution in [3.63, 3.8) is 0 Å². The largest absolute Gasteiger partial charge is 0.494 e. The van der Waals surface area contributed by atoms with Crippen LogP contribution in [-0.2, 0) is 11.2 Å². The number of thioether (sulfide) groups is 1. The van der Waals surface area contributed by atoms with Crippen molar-refractivity contribution >= 4 is 23.4 Å². The third kappa shape index (κ3) is 6.42. The van der Waals surface area contributed by atoms with Gasteiger partial charge in [0.2, 0.25) is 5.91 Å². The van der Waals surface area contributed by atoms with Gasteiger partial charge in [-0.15, -0.1) is 10.2 Å². The minimum atomic E-state index is -0.610. The molecule has 0 aliphatic heterocycles. The van der Waals surface area contributed by atoms with Gasteiger partial charge in [-0.25, -0.2) is 4.79 Å². The lowest BCUT2D eigenvalue weighted by molar-refractivity contribution is -0.113. The second-order valence-electron chi connectivity index (χ2n) is 7.86. The molecule has 0 saturated carbocycles. The van der Waals surface area contributed by atoms with Crippen molar-refractivity contribution in [1.82, 2.24) is 24.7 Å². The fourth-order valence-corrected chi connectivity index (χ4v) is 4.42. The molecule has 0 aliphatic carbocycles. The molecule has 2 aromatic carbocycles. The van der Waals surface area contributed by atoms with Gasteiger partial charge in [-0.3, -0.25) is 19.1 Å². The molecule has 0 atom stereocenters.